The average molecular weight is 314 g/mol. The van der Waals surface area contributed by atoms with Gasteiger partial charge in [-0.3, -0.25) is 0 Å². The Bertz CT molecular complexity index is 500. The van der Waals surface area contributed by atoms with Gasteiger partial charge >= 0.3 is 0 Å². The fraction of sp³-hybridized carbons (Fsp3) is 0.600. The summed E-state index contributed by atoms with van der Waals surface area (Å²) in [5.74, 6) is 0.0338. The molecule has 0 amide bonds. The molecule has 1 aromatic rings. The maximum atomic E-state index is 12.4. The van der Waals surface area contributed by atoms with Gasteiger partial charge in [0.05, 0.1) is 12.4 Å². The molecule has 120 valence electrons. The van der Waals surface area contributed by atoms with Gasteiger partial charge in [-0.15, -0.1) is 0 Å². The van der Waals surface area contributed by atoms with E-state index < -0.39 is 10.0 Å². The van der Waals surface area contributed by atoms with Crippen LogP contribution in [0.5, 0.6) is 0 Å². The number of rotatable bonds is 10. The molecule has 0 radical (unpaired) electrons. The number of benzene rings is 1. The van der Waals surface area contributed by atoms with Crippen LogP contribution in [0.25, 0.3) is 0 Å². The minimum absolute atomic E-state index is 0.0338. The first-order valence-electron chi connectivity index (χ1n) is 7.28. The fourth-order valence-electron chi connectivity index (χ4n) is 2.01. The molecule has 0 saturated carbocycles. The number of nitrogens with zero attached hydrogens (tertiary/aromatic N) is 1. The first kappa shape index (κ1) is 18.1. The van der Waals surface area contributed by atoms with E-state index in [4.69, 9.17) is 4.74 Å². The maximum absolute atomic E-state index is 12.4. The van der Waals surface area contributed by atoms with Crippen LogP contribution in [0.15, 0.2) is 24.3 Å². The van der Waals surface area contributed by atoms with Crippen LogP contribution in [-0.4, -0.2) is 46.1 Å². The Morgan fingerprint density at radius 1 is 1.14 bits per heavy atom. The van der Waals surface area contributed by atoms with Crippen LogP contribution >= 0.6 is 0 Å². The molecule has 0 spiro atoms. The molecular formula is C15H26N2O3S. The highest BCUT2D eigenvalue weighted by Crippen LogP contribution is 2.12. The summed E-state index contributed by atoms with van der Waals surface area (Å²) in [5.41, 5.74) is 1.97. The summed E-state index contributed by atoms with van der Waals surface area (Å²) in [4.78, 5) is 0. The van der Waals surface area contributed by atoms with Crippen molar-refractivity contribution >= 4 is 10.0 Å². The molecule has 0 saturated heterocycles. The number of hydrogen-bond donors (Lipinski definition) is 1. The van der Waals surface area contributed by atoms with E-state index in [-0.39, 0.29) is 5.75 Å². The molecule has 0 aliphatic rings. The molecular weight excluding hydrogens is 288 g/mol. The monoisotopic (exact) mass is 314 g/mol. The van der Waals surface area contributed by atoms with Crippen molar-refractivity contribution in [2.45, 2.75) is 26.1 Å². The Labute approximate surface area is 128 Å². The zero-order valence-electron chi connectivity index (χ0n) is 13.1. The van der Waals surface area contributed by atoms with Crippen LogP contribution < -0.4 is 5.32 Å². The molecule has 0 fully saturated rings. The highest BCUT2D eigenvalue weighted by atomic mass is 32.2. The molecule has 0 bridgehead atoms. The van der Waals surface area contributed by atoms with Crippen LogP contribution in [-0.2, 0) is 27.1 Å². The van der Waals surface area contributed by atoms with E-state index in [1.807, 2.05) is 31.2 Å². The molecule has 1 rings (SSSR count). The molecule has 6 heteroatoms. The highest BCUT2D eigenvalue weighted by molar-refractivity contribution is 7.88. The number of hydrogen-bond acceptors (Lipinski definition) is 4. The van der Waals surface area contributed by atoms with Crippen LogP contribution in [0.2, 0.25) is 0 Å². The highest BCUT2D eigenvalue weighted by Gasteiger charge is 2.20. The van der Waals surface area contributed by atoms with E-state index in [9.17, 15) is 8.42 Å². The van der Waals surface area contributed by atoms with E-state index in [0.29, 0.717) is 19.7 Å². The van der Waals surface area contributed by atoms with Crippen molar-refractivity contribution in [3.63, 3.8) is 0 Å². The normalized spacial score (nSPS) is 12.0. The lowest BCUT2D eigenvalue weighted by atomic mass is 10.1. The minimum Gasteiger partial charge on any atom is -0.383 e. The Balaban J connectivity index is 2.69. The van der Waals surface area contributed by atoms with Gasteiger partial charge in [-0.25, -0.2) is 8.42 Å². The van der Waals surface area contributed by atoms with Gasteiger partial charge in [0.25, 0.3) is 0 Å². The standard InChI is InChI=1S/C15H26N2O3S/c1-4-16-12-14-6-8-15(9-7-14)13-21(18,19)17(5-2)10-11-20-3/h6-9,16H,4-5,10-13H2,1-3H3. The predicted octanol–water partition coefficient (Wildman–Crippen LogP) is 1.59. The Morgan fingerprint density at radius 2 is 1.76 bits per heavy atom. The zero-order chi connectivity index (χ0) is 15.7. The van der Waals surface area contributed by atoms with Crippen LogP contribution in [0.4, 0.5) is 0 Å². The van der Waals surface area contributed by atoms with E-state index in [1.54, 1.807) is 7.11 Å². The molecule has 0 aliphatic heterocycles. The van der Waals surface area contributed by atoms with Crippen LogP contribution in [0.3, 0.4) is 0 Å². The third kappa shape index (κ3) is 6.13. The third-order valence-corrected chi connectivity index (χ3v) is 5.17. The average Bonchev–Trinajstić information content (AvgIpc) is 2.46. The lowest BCUT2D eigenvalue weighted by Gasteiger charge is -2.20. The molecule has 5 nitrogen and oxygen atoms in total. The van der Waals surface area contributed by atoms with Gasteiger partial charge in [0.2, 0.25) is 10.0 Å². The van der Waals surface area contributed by atoms with Crippen molar-refractivity contribution in [1.29, 1.82) is 0 Å². The minimum atomic E-state index is -3.29. The molecule has 1 aromatic carbocycles. The molecule has 0 aliphatic carbocycles. The quantitative estimate of drug-likeness (QED) is 0.712. The van der Waals surface area contributed by atoms with Crippen molar-refractivity contribution in [3.05, 3.63) is 35.4 Å². The van der Waals surface area contributed by atoms with Gasteiger partial charge in [0.15, 0.2) is 0 Å². The summed E-state index contributed by atoms with van der Waals surface area (Å²) in [6.07, 6.45) is 0. The van der Waals surface area contributed by atoms with Crippen molar-refractivity contribution in [1.82, 2.24) is 9.62 Å². The lowest BCUT2D eigenvalue weighted by Crippen LogP contribution is -2.34. The number of ether oxygens (including phenoxy) is 1. The van der Waals surface area contributed by atoms with Crippen molar-refractivity contribution < 1.29 is 13.2 Å². The summed E-state index contributed by atoms with van der Waals surface area (Å²) >= 11 is 0. The molecule has 21 heavy (non-hydrogen) atoms. The van der Waals surface area contributed by atoms with Crippen LogP contribution in [0, 0.1) is 0 Å². The summed E-state index contributed by atoms with van der Waals surface area (Å²) in [7, 11) is -1.72. The SMILES string of the molecule is CCNCc1ccc(CS(=O)(=O)N(CC)CCOC)cc1. The fourth-order valence-corrected chi connectivity index (χ4v) is 3.55. The van der Waals surface area contributed by atoms with Crippen molar-refractivity contribution in [2.75, 3.05) is 33.4 Å². The van der Waals surface area contributed by atoms with Crippen LogP contribution in [0.1, 0.15) is 25.0 Å². The second-order valence-electron chi connectivity index (χ2n) is 4.84. The molecule has 0 aromatic heterocycles. The number of nitrogens with one attached hydrogen (secondary N) is 1. The van der Waals surface area contributed by atoms with E-state index in [1.165, 1.54) is 4.31 Å². The van der Waals surface area contributed by atoms with E-state index in [2.05, 4.69) is 12.2 Å². The van der Waals surface area contributed by atoms with Gasteiger partial charge in [-0.2, -0.15) is 4.31 Å². The topological polar surface area (TPSA) is 58.6 Å². The van der Waals surface area contributed by atoms with Crippen molar-refractivity contribution in [2.24, 2.45) is 0 Å². The number of sulfonamides is 1. The van der Waals surface area contributed by atoms with Gasteiger partial charge in [-0.05, 0) is 17.7 Å². The van der Waals surface area contributed by atoms with Gasteiger partial charge in [0.1, 0.15) is 0 Å². The maximum Gasteiger partial charge on any atom is 0.218 e. The summed E-state index contributed by atoms with van der Waals surface area (Å²) in [6, 6.07) is 7.71. The second-order valence-corrected chi connectivity index (χ2v) is 6.81. The number of likely N-dealkylation sites (N-methyl/N-ethyl adjacent to an activating group) is 1. The summed E-state index contributed by atoms with van der Waals surface area (Å²) in [5, 5.41) is 3.24. The van der Waals surface area contributed by atoms with E-state index in [0.717, 1.165) is 24.2 Å². The summed E-state index contributed by atoms with van der Waals surface area (Å²) < 4.78 is 31.1. The molecule has 1 N–H and O–H groups in total. The Kier molecular flexibility index (Phi) is 7.88. The molecule has 0 atom stereocenters. The molecule has 0 unspecified atom stereocenters. The number of methoxy groups -OCH3 is 1. The largest absolute Gasteiger partial charge is 0.383 e. The Morgan fingerprint density at radius 3 is 2.29 bits per heavy atom. The van der Waals surface area contributed by atoms with E-state index >= 15 is 0 Å². The summed E-state index contributed by atoms with van der Waals surface area (Å²) in [6.45, 7) is 6.89. The zero-order valence-corrected chi connectivity index (χ0v) is 13.9. The first-order valence-corrected chi connectivity index (χ1v) is 8.89. The Hall–Kier alpha value is -0.950. The lowest BCUT2D eigenvalue weighted by molar-refractivity contribution is 0.180. The van der Waals surface area contributed by atoms with Gasteiger partial charge in [0, 0.05) is 26.7 Å². The predicted molar refractivity (Wildman–Crippen MR) is 85.6 cm³/mol. The second kappa shape index (κ2) is 9.15. The van der Waals surface area contributed by atoms with Gasteiger partial charge < -0.3 is 10.1 Å². The van der Waals surface area contributed by atoms with Gasteiger partial charge in [-0.1, -0.05) is 38.1 Å². The smallest absolute Gasteiger partial charge is 0.218 e. The third-order valence-electron chi connectivity index (χ3n) is 3.24. The first-order chi connectivity index (χ1) is 10.0. The van der Waals surface area contributed by atoms with Crippen molar-refractivity contribution in [3.8, 4) is 0 Å². The molecule has 0 heterocycles.